The van der Waals surface area contributed by atoms with Gasteiger partial charge in [-0.25, -0.2) is 4.39 Å². The Kier molecular flexibility index (Phi) is 4.76. The fourth-order valence-electron chi connectivity index (χ4n) is 2.22. The van der Waals surface area contributed by atoms with Gasteiger partial charge < -0.3 is 10.8 Å². The van der Waals surface area contributed by atoms with Crippen molar-refractivity contribution in [3.8, 4) is 0 Å². The maximum atomic E-state index is 13.9. The largest absolute Gasteiger partial charge is 0.388 e. The van der Waals surface area contributed by atoms with Crippen LogP contribution in [0.3, 0.4) is 0 Å². The summed E-state index contributed by atoms with van der Waals surface area (Å²) < 4.78 is 13.9. The summed E-state index contributed by atoms with van der Waals surface area (Å²) in [6.45, 7) is 2.21. The average Bonchev–Trinajstić information content (AvgIpc) is 2.41. The lowest BCUT2D eigenvalue weighted by atomic mass is 9.88. The first-order valence-electron chi connectivity index (χ1n) is 6.42. The smallest absolute Gasteiger partial charge is 0.130 e. The van der Waals surface area contributed by atoms with E-state index in [-0.39, 0.29) is 18.0 Å². The predicted molar refractivity (Wildman–Crippen MR) is 79.3 cm³/mol. The number of nitrogens with two attached hydrogens (primary N) is 1. The van der Waals surface area contributed by atoms with Crippen LogP contribution < -0.4 is 5.73 Å². The second-order valence-corrected chi connectivity index (χ2v) is 5.30. The standard InChI is InChI=1S/C16H17ClFNO/c1-10-2-4-11(5-3-10)14(9-19)16(20)13-7-6-12(17)8-15(13)18/h2-8,14,16,20H,9,19H2,1H3. The minimum absolute atomic E-state index is 0.213. The molecule has 2 unspecified atom stereocenters. The van der Waals surface area contributed by atoms with Gasteiger partial charge in [0.05, 0.1) is 6.10 Å². The van der Waals surface area contributed by atoms with Crippen LogP contribution in [0.5, 0.6) is 0 Å². The molecule has 0 aromatic heterocycles. The molecule has 4 heteroatoms. The van der Waals surface area contributed by atoms with Crippen LogP contribution in [0.15, 0.2) is 42.5 Å². The first-order valence-corrected chi connectivity index (χ1v) is 6.80. The molecule has 3 N–H and O–H groups in total. The zero-order valence-corrected chi connectivity index (χ0v) is 11.9. The van der Waals surface area contributed by atoms with Gasteiger partial charge in [-0.15, -0.1) is 0 Å². The molecular formula is C16H17ClFNO. The molecule has 0 aliphatic rings. The average molecular weight is 294 g/mol. The van der Waals surface area contributed by atoms with E-state index in [2.05, 4.69) is 0 Å². The van der Waals surface area contributed by atoms with Gasteiger partial charge in [0.25, 0.3) is 0 Å². The van der Waals surface area contributed by atoms with Gasteiger partial charge in [-0.1, -0.05) is 47.5 Å². The maximum Gasteiger partial charge on any atom is 0.130 e. The monoisotopic (exact) mass is 293 g/mol. The molecule has 2 atom stereocenters. The minimum atomic E-state index is -1.00. The number of benzene rings is 2. The molecule has 2 aromatic rings. The molecule has 0 aliphatic heterocycles. The molecule has 0 amide bonds. The number of hydrogen-bond donors (Lipinski definition) is 2. The lowest BCUT2D eigenvalue weighted by Gasteiger charge is -2.23. The van der Waals surface area contributed by atoms with Crippen LogP contribution in [0.1, 0.15) is 28.7 Å². The summed E-state index contributed by atoms with van der Waals surface area (Å²) in [4.78, 5) is 0. The van der Waals surface area contributed by atoms with E-state index in [0.717, 1.165) is 11.1 Å². The molecule has 0 saturated heterocycles. The minimum Gasteiger partial charge on any atom is -0.388 e. The molecule has 0 saturated carbocycles. The molecule has 2 nitrogen and oxygen atoms in total. The number of halogens is 2. The fraction of sp³-hybridized carbons (Fsp3) is 0.250. The van der Waals surface area contributed by atoms with Gasteiger partial charge in [0.2, 0.25) is 0 Å². The molecule has 2 aromatic carbocycles. The van der Waals surface area contributed by atoms with Crippen LogP contribution in [0.2, 0.25) is 5.02 Å². The van der Waals surface area contributed by atoms with Crippen LogP contribution in [-0.2, 0) is 0 Å². The summed E-state index contributed by atoms with van der Waals surface area (Å²) in [5.41, 5.74) is 7.98. The van der Waals surface area contributed by atoms with Crippen molar-refractivity contribution in [1.82, 2.24) is 0 Å². The van der Waals surface area contributed by atoms with Crippen molar-refractivity contribution in [2.75, 3.05) is 6.54 Å². The van der Waals surface area contributed by atoms with Gasteiger partial charge in [-0.3, -0.25) is 0 Å². The molecule has 2 rings (SSSR count). The molecule has 20 heavy (non-hydrogen) atoms. The third kappa shape index (κ3) is 3.18. The van der Waals surface area contributed by atoms with Crippen LogP contribution in [-0.4, -0.2) is 11.7 Å². The number of aliphatic hydroxyl groups is 1. The van der Waals surface area contributed by atoms with E-state index in [1.54, 1.807) is 6.07 Å². The van der Waals surface area contributed by atoms with E-state index < -0.39 is 11.9 Å². The van der Waals surface area contributed by atoms with Crippen LogP contribution in [0.25, 0.3) is 0 Å². The Hall–Kier alpha value is -1.42. The Morgan fingerprint density at radius 3 is 2.40 bits per heavy atom. The van der Waals surface area contributed by atoms with E-state index in [9.17, 15) is 9.50 Å². The van der Waals surface area contributed by atoms with Gasteiger partial charge in [0, 0.05) is 23.0 Å². The Bertz CT molecular complexity index is 586. The van der Waals surface area contributed by atoms with Crippen LogP contribution >= 0.6 is 11.6 Å². The van der Waals surface area contributed by atoms with E-state index >= 15 is 0 Å². The molecule has 0 fully saturated rings. The molecule has 106 valence electrons. The molecule has 0 spiro atoms. The zero-order valence-electron chi connectivity index (χ0n) is 11.2. The van der Waals surface area contributed by atoms with Gasteiger partial charge in [-0.2, -0.15) is 0 Å². The maximum absolute atomic E-state index is 13.9. The number of hydrogen-bond acceptors (Lipinski definition) is 2. The highest BCUT2D eigenvalue weighted by Gasteiger charge is 2.24. The van der Waals surface area contributed by atoms with Crippen molar-refractivity contribution in [2.45, 2.75) is 18.9 Å². The van der Waals surface area contributed by atoms with Crippen LogP contribution in [0.4, 0.5) is 4.39 Å². The van der Waals surface area contributed by atoms with Gasteiger partial charge in [0.1, 0.15) is 5.82 Å². The highest BCUT2D eigenvalue weighted by atomic mass is 35.5. The summed E-state index contributed by atoms with van der Waals surface area (Å²) in [7, 11) is 0. The SMILES string of the molecule is Cc1ccc(C(CN)C(O)c2ccc(Cl)cc2F)cc1. The summed E-state index contributed by atoms with van der Waals surface area (Å²) in [5.74, 6) is -0.873. The lowest BCUT2D eigenvalue weighted by molar-refractivity contribution is 0.143. The van der Waals surface area contributed by atoms with E-state index in [4.69, 9.17) is 17.3 Å². The molecular weight excluding hydrogens is 277 g/mol. The van der Waals surface area contributed by atoms with E-state index in [1.165, 1.54) is 12.1 Å². The first-order chi connectivity index (χ1) is 9.52. The second-order valence-electron chi connectivity index (χ2n) is 4.86. The Labute approximate surface area is 123 Å². The summed E-state index contributed by atoms with van der Waals surface area (Å²) in [6.07, 6.45) is -1.00. The lowest BCUT2D eigenvalue weighted by Crippen LogP contribution is -2.21. The second kappa shape index (κ2) is 6.35. The van der Waals surface area contributed by atoms with Gasteiger partial charge in [0.15, 0.2) is 0 Å². The fourth-order valence-corrected chi connectivity index (χ4v) is 2.38. The predicted octanol–water partition coefficient (Wildman–Crippen LogP) is 3.56. The number of aliphatic hydroxyl groups excluding tert-OH is 1. The highest BCUT2D eigenvalue weighted by molar-refractivity contribution is 6.30. The highest BCUT2D eigenvalue weighted by Crippen LogP contribution is 2.32. The quantitative estimate of drug-likeness (QED) is 0.905. The zero-order chi connectivity index (χ0) is 14.7. The number of aryl methyl sites for hydroxylation is 1. The summed E-state index contributed by atoms with van der Waals surface area (Å²) >= 11 is 5.72. The van der Waals surface area contributed by atoms with Gasteiger partial charge >= 0.3 is 0 Å². The molecule has 0 heterocycles. The third-order valence-electron chi connectivity index (χ3n) is 3.42. The van der Waals surface area contributed by atoms with Crippen LogP contribution in [0, 0.1) is 12.7 Å². The van der Waals surface area contributed by atoms with Crippen molar-refractivity contribution in [3.63, 3.8) is 0 Å². The Morgan fingerprint density at radius 2 is 1.85 bits per heavy atom. The summed E-state index contributed by atoms with van der Waals surface area (Å²) in [6, 6.07) is 12.0. The first kappa shape index (κ1) is 15.0. The van der Waals surface area contributed by atoms with E-state index in [1.807, 2.05) is 31.2 Å². The molecule has 0 radical (unpaired) electrons. The van der Waals surface area contributed by atoms with Crippen molar-refractivity contribution in [2.24, 2.45) is 5.73 Å². The topological polar surface area (TPSA) is 46.2 Å². The van der Waals surface area contributed by atoms with Crippen molar-refractivity contribution < 1.29 is 9.50 Å². The normalized spacial score (nSPS) is 14.1. The van der Waals surface area contributed by atoms with Gasteiger partial charge in [-0.05, 0) is 24.6 Å². The Balaban J connectivity index is 2.33. The van der Waals surface area contributed by atoms with E-state index in [0.29, 0.717) is 5.02 Å². The molecule has 0 bridgehead atoms. The Morgan fingerprint density at radius 1 is 1.20 bits per heavy atom. The number of rotatable bonds is 4. The molecule has 0 aliphatic carbocycles. The van der Waals surface area contributed by atoms with Crippen molar-refractivity contribution >= 4 is 11.6 Å². The van der Waals surface area contributed by atoms with Crippen molar-refractivity contribution in [1.29, 1.82) is 0 Å². The van der Waals surface area contributed by atoms with Crippen molar-refractivity contribution in [3.05, 3.63) is 70.0 Å². The summed E-state index contributed by atoms with van der Waals surface area (Å²) in [5, 5.41) is 10.7. The third-order valence-corrected chi connectivity index (χ3v) is 3.66.